The zero-order chi connectivity index (χ0) is 38.8. The molecule has 3 aliphatic heterocycles. The van der Waals surface area contributed by atoms with Gasteiger partial charge in [-0.2, -0.15) is 15.1 Å². The number of anilines is 3. The Balaban J connectivity index is 1.17. The van der Waals surface area contributed by atoms with Gasteiger partial charge in [0.2, 0.25) is 11.9 Å². The van der Waals surface area contributed by atoms with Crippen molar-refractivity contribution < 1.29 is 22.7 Å². The van der Waals surface area contributed by atoms with E-state index in [9.17, 15) is 9.18 Å². The van der Waals surface area contributed by atoms with Gasteiger partial charge in [0, 0.05) is 77.2 Å². The maximum atomic E-state index is 15.3. The van der Waals surface area contributed by atoms with E-state index in [1.54, 1.807) is 25.3 Å². The first-order valence-corrected chi connectivity index (χ1v) is 18.6. The number of amides is 1. The van der Waals surface area contributed by atoms with Crippen LogP contribution in [-0.2, 0) is 16.1 Å². The lowest BCUT2D eigenvalue weighted by Crippen LogP contribution is -2.48. The third-order valence-corrected chi connectivity index (χ3v) is 11.1. The number of halogens is 3. The van der Waals surface area contributed by atoms with Crippen molar-refractivity contribution in [1.82, 2.24) is 44.1 Å². The van der Waals surface area contributed by atoms with Gasteiger partial charge in [0.05, 0.1) is 41.0 Å². The van der Waals surface area contributed by atoms with Crippen LogP contribution < -0.4 is 15.1 Å². The van der Waals surface area contributed by atoms with E-state index < -0.39 is 29.6 Å². The largest absolute Gasteiger partial charge is 0.378 e. The molecule has 0 unspecified atom stereocenters. The minimum absolute atomic E-state index is 0.0357. The van der Waals surface area contributed by atoms with Crippen LogP contribution in [0.5, 0.6) is 0 Å². The number of ether oxygens (including phenoxy) is 1. The summed E-state index contributed by atoms with van der Waals surface area (Å²) in [6, 6.07) is 10.8. The molecule has 290 valence electrons. The number of likely N-dealkylation sites (N-methyl/N-ethyl adjacent to an activating group) is 2. The molecule has 6 aromatic rings. The van der Waals surface area contributed by atoms with E-state index in [4.69, 9.17) is 19.7 Å². The third-order valence-electron chi connectivity index (χ3n) is 11.1. The van der Waals surface area contributed by atoms with Crippen molar-refractivity contribution in [2.75, 3.05) is 75.6 Å². The molecule has 7 heterocycles. The molecule has 17 heteroatoms. The molecular formula is C39H41F3N12O2. The van der Waals surface area contributed by atoms with Gasteiger partial charge in [-0.15, -0.1) is 0 Å². The van der Waals surface area contributed by atoms with Gasteiger partial charge in [-0.25, -0.2) is 27.8 Å². The minimum Gasteiger partial charge on any atom is -0.378 e. The summed E-state index contributed by atoms with van der Waals surface area (Å²) >= 11 is 0. The van der Waals surface area contributed by atoms with Crippen LogP contribution in [0, 0.1) is 24.4 Å². The molecule has 3 aliphatic rings. The molecule has 1 amide bonds. The molecule has 4 bridgehead atoms. The lowest BCUT2D eigenvalue weighted by Gasteiger charge is -2.34. The quantitative estimate of drug-likeness (QED) is 0.277. The number of nitrogens with one attached hydrogen (secondary N) is 1. The van der Waals surface area contributed by atoms with E-state index in [0.717, 1.165) is 24.7 Å². The summed E-state index contributed by atoms with van der Waals surface area (Å²) in [6.45, 7) is 5.72. The first-order chi connectivity index (χ1) is 27.0. The molecule has 0 aliphatic carbocycles. The summed E-state index contributed by atoms with van der Waals surface area (Å²) in [4.78, 5) is 42.3. The highest BCUT2D eigenvalue weighted by atomic mass is 19.1. The van der Waals surface area contributed by atoms with Crippen molar-refractivity contribution in [2.24, 2.45) is 0 Å². The Morgan fingerprint density at radius 3 is 2.50 bits per heavy atom. The number of pyridine rings is 1. The number of imidazole rings is 1. The van der Waals surface area contributed by atoms with E-state index in [1.807, 2.05) is 34.6 Å². The molecule has 0 spiro atoms. The second-order valence-corrected chi connectivity index (χ2v) is 14.8. The second kappa shape index (κ2) is 14.0. The first-order valence-electron chi connectivity index (χ1n) is 18.6. The predicted molar refractivity (Wildman–Crippen MR) is 206 cm³/mol. The molecule has 14 nitrogen and oxygen atoms in total. The Morgan fingerprint density at radius 2 is 1.71 bits per heavy atom. The predicted octanol–water partition coefficient (Wildman–Crippen LogP) is 4.25. The summed E-state index contributed by atoms with van der Waals surface area (Å²) < 4.78 is 53.7. The van der Waals surface area contributed by atoms with Gasteiger partial charge in [-0.3, -0.25) is 4.79 Å². The number of benzene rings is 2. The van der Waals surface area contributed by atoms with Crippen molar-refractivity contribution in [3.05, 3.63) is 78.0 Å². The number of fused-ring (bicyclic) bond motifs is 6. The van der Waals surface area contributed by atoms with Gasteiger partial charge in [0.25, 0.3) is 0 Å². The molecule has 2 fully saturated rings. The fraction of sp³-hybridized carbons (Fsp3) is 0.385. The van der Waals surface area contributed by atoms with Crippen LogP contribution in [0.15, 0.2) is 54.7 Å². The number of nitrogens with zero attached hydrogens (tertiary/aromatic N) is 11. The summed E-state index contributed by atoms with van der Waals surface area (Å²) in [5, 5.41) is 8.60. The van der Waals surface area contributed by atoms with Crippen LogP contribution in [0.2, 0.25) is 0 Å². The van der Waals surface area contributed by atoms with Gasteiger partial charge in [0.1, 0.15) is 40.8 Å². The van der Waals surface area contributed by atoms with Crippen molar-refractivity contribution in [2.45, 2.75) is 38.1 Å². The average molecular weight is 767 g/mol. The molecule has 0 radical (unpaired) electrons. The van der Waals surface area contributed by atoms with Crippen molar-refractivity contribution in [3.8, 4) is 16.9 Å². The van der Waals surface area contributed by atoms with Crippen LogP contribution in [0.1, 0.15) is 12.2 Å². The fourth-order valence-corrected chi connectivity index (χ4v) is 8.19. The molecule has 9 rings (SSSR count). The van der Waals surface area contributed by atoms with Crippen molar-refractivity contribution in [1.29, 1.82) is 0 Å². The molecule has 4 aromatic heterocycles. The Kier molecular flexibility index (Phi) is 8.99. The van der Waals surface area contributed by atoms with Gasteiger partial charge in [-0.1, -0.05) is 6.07 Å². The van der Waals surface area contributed by atoms with Crippen LogP contribution in [0.25, 0.3) is 39.0 Å². The monoisotopic (exact) mass is 766 g/mol. The number of hydrogen-bond donors (Lipinski definition) is 1. The summed E-state index contributed by atoms with van der Waals surface area (Å²) in [5.41, 5.74) is 2.77. The van der Waals surface area contributed by atoms with Crippen LogP contribution in [0.4, 0.5) is 30.8 Å². The number of aryl methyl sites for hydroxylation is 1. The van der Waals surface area contributed by atoms with Crippen molar-refractivity contribution in [3.63, 3.8) is 0 Å². The first kappa shape index (κ1) is 35.9. The third kappa shape index (κ3) is 6.33. The summed E-state index contributed by atoms with van der Waals surface area (Å²) in [5.74, 6) is 0.0719. The summed E-state index contributed by atoms with van der Waals surface area (Å²) in [6.07, 6.45) is 1.52. The standard InChI is InChI=1S/C39H41F3N12O2/c1-22-44-31-16-24(41)14-27-30-6-5-7-34(46-30)45-25-17-33(38(55)50(3)20-26(56-4)21-52(22)35(27)31)53(19-25)36-28-18-43-54(32-9-8-23(40)15-29(32)42)37(28)48-39(47-36)51-12-10-49(2)11-13-51/h5-9,14-16,18,25-26,33H,10-13,17,19-21H2,1-4H3,(H,45,46)/t25-,26-,33-/m0/s1. The van der Waals surface area contributed by atoms with Gasteiger partial charge in [0.15, 0.2) is 11.5 Å². The minimum atomic E-state index is -0.788. The SMILES string of the molecule is CO[C@H]1CN(C)C(=O)[C@@H]2C[C@@H](CN2c2nc(N3CCN(C)CC3)nc3c2cnn3-c2ccc(F)cc2F)Nc2cccc(n2)-c2cc(F)cc3nc(C)n(c23)C1. The normalized spacial score (nSPS) is 20.8. The van der Waals surface area contributed by atoms with Gasteiger partial charge in [-0.05, 0) is 50.7 Å². The molecule has 1 N–H and O–H groups in total. The molecular weight excluding hydrogens is 726 g/mol. The van der Waals surface area contributed by atoms with Gasteiger partial charge < -0.3 is 34.2 Å². The second-order valence-electron chi connectivity index (χ2n) is 14.8. The highest BCUT2D eigenvalue weighted by Gasteiger charge is 2.41. The number of hydrogen-bond acceptors (Lipinski definition) is 11. The Morgan fingerprint density at radius 1 is 0.893 bits per heavy atom. The van der Waals surface area contributed by atoms with Gasteiger partial charge >= 0.3 is 0 Å². The fourth-order valence-electron chi connectivity index (χ4n) is 8.19. The Bertz CT molecular complexity index is 2480. The Hall–Kier alpha value is -5.81. The lowest BCUT2D eigenvalue weighted by atomic mass is 10.1. The highest BCUT2D eigenvalue weighted by molar-refractivity contribution is 5.94. The van der Waals surface area contributed by atoms with E-state index >= 15 is 8.78 Å². The zero-order valence-electron chi connectivity index (χ0n) is 31.5. The van der Waals surface area contributed by atoms with Crippen LogP contribution in [-0.4, -0.2) is 129 Å². The number of rotatable bonds is 4. The number of piperazine rings is 1. The molecule has 3 atom stereocenters. The molecule has 2 aromatic carbocycles. The average Bonchev–Trinajstić information content (AvgIpc) is 3.88. The summed E-state index contributed by atoms with van der Waals surface area (Å²) in [7, 11) is 5.42. The molecule has 0 saturated carbocycles. The van der Waals surface area contributed by atoms with E-state index in [0.29, 0.717) is 83.8 Å². The van der Waals surface area contributed by atoms with E-state index in [1.165, 1.54) is 28.9 Å². The smallest absolute Gasteiger partial charge is 0.245 e. The number of aromatic nitrogens is 7. The number of carbonyl (C=O) groups is 1. The lowest BCUT2D eigenvalue weighted by molar-refractivity contribution is -0.132. The number of methoxy groups -OCH3 is 1. The van der Waals surface area contributed by atoms with E-state index in [2.05, 4.69) is 32.2 Å². The Labute approximate surface area is 320 Å². The molecule has 2 saturated heterocycles. The van der Waals surface area contributed by atoms with Crippen molar-refractivity contribution >= 4 is 45.6 Å². The zero-order valence-corrected chi connectivity index (χ0v) is 31.5. The maximum Gasteiger partial charge on any atom is 0.245 e. The van der Waals surface area contributed by atoms with Crippen LogP contribution in [0.3, 0.4) is 0 Å². The highest BCUT2D eigenvalue weighted by Crippen LogP contribution is 2.36. The van der Waals surface area contributed by atoms with Crippen LogP contribution >= 0.6 is 0 Å². The van der Waals surface area contributed by atoms with E-state index in [-0.39, 0.29) is 24.2 Å². The molecule has 56 heavy (non-hydrogen) atoms. The maximum absolute atomic E-state index is 15.3. The number of carbonyl (C=O) groups excluding carboxylic acids is 1. The topological polar surface area (TPSA) is 126 Å².